The number of nitrogens with zero attached hydrogens (tertiary/aromatic N) is 1. The van der Waals surface area contributed by atoms with Crippen LogP contribution in [0.4, 0.5) is 0 Å². The summed E-state index contributed by atoms with van der Waals surface area (Å²) in [6.45, 7) is 6.15. The summed E-state index contributed by atoms with van der Waals surface area (Å²) in [5.41, 5.74) is 4.35. The Morgan fingerprint density at radius 1 is 1.20 bits per heavy atom. The lowest BCUT2D eigenvalue weighted by Gasteiger charge is -2.16. The Bertz CT molecular complexity index is 948. The van der Waals surface area contributed by atoms with Gasteiger partial charge in [0.15, 0.2) is 0 Å². The molecule has 0 spiro atoms. The average Bonchev–Trinajstić information content (AvgIpc) is 2.60. The highest BCUT2D eigenvalue weighted by atomic mass is 79.9. The standard InChI is InChI=1S/C21H20BrNO2/c1-4-12(2)14-5-7-15(8-6-14)20-13(3)19(21(24)25)17-11-16(22)9-10-18(17)23-20/h5-12H,4H2,1-3H3,(H,24,25)/p-1/t12-/m0/s1. The monoisotopic (exact) mass is 396 g/mol. The number of rotatable bonds is 4. The zero-order valence-corrected chi connectivity index (χ0v) is 16.1. The van der Waals surface area contributed by atoms with Gasteiger partial charge >= 0.3 is 0 Å². The molecule has 0 N–H and O–H groups in total. The second-order valence-electron chi connectivity index (χ2n) is 6.34. The van der Waals surface area contributed by atoms with Gasteiger partial charge in [-0.05, 0) is 48.6 Å². The van der Waals surface area contributed by atoms with Gasteiger partial charge in [-0.1, -0.05) is 54.0 Å². The maximum atomic E-state index is 11.8. The number of hydrogen-bond donors (Lipinski definition) is 0. The number of fused-ring (bicyclic) bond motifs is 1. The molecule has 0 fully saturated rings. The van der Waals surface area contributed by atoms with E-state index in [2.05, 4.69) is 41.9 Å². The normalized spacial score (nSPS) is 12.3. The summed E-state index contributed by atoms with van der Waals surface area (Å²) in [6, 6.07) is 13.7. The van der Waals surface area contributed by atoms with Crippen LogP contribution >= 0.6 is 15.9 Å². The van der Waals surface area contributed by atoms with E-state index in [0.29, 0.717) is 28.1 Å². The van der Waals surface area contributed by atoms with E-state index < -0.39 is 5.97 Å². The lowest BCUT2D eigenvalue weighted by atomic mass is 9.94. The van der Waals surface area contributed by atoms with E-state index in [4.69, 9.17) is 4.98 Å². The van der Waals surface area contributed by atoms with Crippen molar-refractivity contribution in [1.82, 2.24) is 4.98 Å². The fourth-order valence-corrected chi connectivity index (χ4v) is 3.44. The van der Waals surface area contributed by atoms with Crippen molar-refractivity contribution in [3.63, 3.8) is 0 Å². The van der Waals surface area contributed by atoms with Crippen molar-refractivity contribution in [3.05, 3.63) is 63.6 Å². The molecule has 3 rings (SSSR count). The maximum absolute atomic E-state index is 11.8. The van der Waals surface area contributed by atoms with Crippen LogP contribution < -0.4 is 5.11 Å². The largest absolute Gasteiger partial charge is 0.545 e. The molecule has 0 saturated heterocycles. The van der Waals surface area contributed by atoms with Crippen molar-refractivity contribution < 1.29 is 9.90 Å². The molecule has 0 bridgehead atoms. The minimum Gasteiger partial charge on any atom is -0.545 e. The van der Waals surface area contributed by atoms with Crippen LogP contribution in [0.5, 0.6) is 0 Å². The Balaban J connectivity index is 2.21. The molecule has 1 heterocycles. The molecule has 0 radical (unpaired) electrons. The molecule has 0 aliphatic rings. The van der Waals surface area contributed by atoms with Gasteiger partial charge in [-0.25, -0.2) is 4.98 Å². The number of aromatic nitrogens is 1. The van der Waals surface area contributed by atoms with Crippen LogP contribution in [0.2, 0.25) is 0 Å². The highest BCUT2D eigenvalue weighted by Gasteiger charge is 2.15. The lowest BCUT2D eigenvalue weighted by molar-refractivity contribution is -0.254. The van der Waals surface area contributed by atoms with Crippen LogP contribution in [0.3, 0.4) is 0 Å². The zero-order valence-electron chi connectivity index (χ0n) is 14.5. The summed E-state index contributed by atoms with van der Waals surface area (Å²) in [5.74, 6) is -0.684. The summed E-state index contributed by atoms with van der Waals surface area (Å²) >= 11 is 3.39. The first-order chi connectivity index (χ1) is 11.9. The van der Waals surface area contributed by atoms with Crippen molar-refractivity contribution >= 4 is 32.8 Å². The molecule has 1 atom stereocenters. The number of carboxylic acid groups (broad SMARTS) is 1. The van der Waals surface area contributed by atoms with Gasteiger partial charge in [0.25, 0.3) is 0 Å². The van der Waals surface area contributed by atoms with Gasteiger partial charge in [-0.15, -0.1) is 0 Å². The van der Waals surface area contributed by atoms with Crippen molar-refractivity contribution in [2.45, 2.75) is 33.1 Å². The Kier molecular flexibility index (Phi) is 4.91. The first-order valence-corrected chi connectivity index (χ1v) is 9.13. The van der Waals surface area contributed by atoms with Gasteiger partial charge in [0.2, 0.25) is 0 Å². The highest BCUT2D eigenvalue weighted by Crippen LogP contribution is 2.31. The number of carbonyl (C=O) groups is 1. The van der Waals surface area contributed by atoms with E-state index in [-0.39, 0.29) is 5.56 Å². The van der Waals surface area contributed by atoms with Gasteiger partial charge in [0.1, 0.15) is 0 Å². The minimum atomic E-state index is -1.18. The van der Waals surface area contributed by atoms with Gasteiger partial charge in [0.05, 0.1) is 17.2 Å². The van der Waals surface area contributed by atoms with Crippen LogP contribution in [-0.4, -0.2) is 11.0 Å². The van der Waals surface area contributed by atoms with Gasteiger partial charge < -0.3 is 9.90 Å². The summed E-state index contributed by atoms with van der Waals surface area (Å²) in [4.78, 5) is 16.5. The van der Waals surface area contributed by atoms with Crippen molar-refractivity contribution in [3.8, 4) is 11.3 Å². The lowest BCUT2D eigenvalue weighted by Crippen LogP contribution is -2.24. The quantitative estimate of drug-likeness (QED) is 0.633. The van der Waals surface area contributed by atoms with Crippen molar-refractivity contribution in [1.29, 1.82) is 0 Å². The van der Waals surface area contributed by atoms with Crippen LogP contribution in [0.15, 0.2) is 46.9 Å². The molecule has 2 aromatic carbocycles. The maximum Gasteiger partial charge on any atom is 0.0745 e. The average molecular weight is 397 g/mol. The molecule has 3 nitrogen and oxygen atoms in total. The number of carboxylic acids is 1. The molecule has 0 unspecified atom stereocenters. The molecule has 3 aromatic rings. The van der Waals surface area contributed by atoms with E-state index in [9.17, 15) is 9.90 Å². The van der Waals surface area contributed by atoms with Crippen molar-refractivity contribution in [2.75, 3.05) is 0 Å². The third-order valence-corrected chi connectivity index (χ3v) is 5.25. The second kappa shape index (κ2) is 6.96. The fraction of sp³-hybridized carbons (Fsp3) is 0.238. The Morgan fingerprint density at radius 2 is 1.88 bits per heavy atom. The Morgan fingerprint density at radius 3 is 2.48 bits per heavy atom. The molecular formula is C21H19BrNO2-. The van der Waals surface area contributed by atoms with Crippen molar-refractivity contribution in [2.24, 2.45) is 0 Å². The minimum absolute atomic E-state index is 0.201. The highest BCUT2D eigenvalue weighted by molar-refractivity contribution is 9.10. The number of aromatic carboxylic acids is 1. The molecule has 0 aliphatic heterocycles. The predicted octanol–water partition coefficient (Wildman–Crippen LogP) is 4.85. The van der Waals surface area contributed by atoms with E-state index in [1.54, 1.807) is 13.0 Å². The SMILES string of the molecule is CC[C@H](C)c1ccc(-c2nc3ccc(Br)cc3c(C(=O)[O-])c2C)cc1. The van der Waals surface area contributed by atoms with Crippen LogP contribution in [-0.2, 0) is 0 Å². The number of halogens is 1. The molecule has 4 heteroatoms. The molecule has 0 saturated carbocycles. The molecule has 1 aromatic heterocycles. The molecular weight excluding hydrogens is 378 g/mol. The Labute approximate surface area is 155 Å². The van der Waals surface area contributed by atoms with E-state index in [0.717, 1.165) is 16.5 Å². The first-order valence-electron chi connectivity index (χ1n) is 8.34. The van der Waals surface area contributed by atoms with Crippen LogP contribution in [0.25, 0.3) is 22.2 Å². The zero-order chi connectivity index (χ0) is 18.1. The number of benzene rings is 2. The topological polar surface area (TPSA) is 53.0 Å². The molecule has 128 valence electrons. The first kappa shape index (κ1) is 17.6. The third kappa shape index (κ3) is 3.31. The van der Waals surface area contributed by atoms with Crippen LogP contribution in [0, 0.1) is 6.92 Å². The summed E-state index contributed by atoms with van der Waals surface area (Å²) in [6.07, 6.45) is 1.08. The summed E-state index contributed by atoms with van der Waals surface area (Å²) < 4.78 is 0.814. The summed E-state index contributed by atoms with van der Waals surface area (Å²) in [7, 11) is 0. The third-order valence-electron chi connectivity index (χ3n) is 4.76. The molecule has 0 amide bonds. The molecule has 25 heavy (non-hydrogen) atoms. The Hall–Kier alpha value is -2.20. The van der Waals surface area contributed by atoms with E-state index in [1.807, 2.05) is 24.3 Å². The van der Waals surface area contributed by atoms with Gasteiger partial charge in [-0.2, -0.15) is 0 Å². The number of carbonyl (C=O) groups excluding carboxylic acids is 1. The number of pyridine rings is 1. The van der Waals surface area contributed by atoms with E-state index in [1.165, 1.54) is 5.56 Å². The summed E-state index contributed by atoms with van der Waals surface area (Å²) in [5, 5.41) is 12.3. The molecule has 0 aliphatic carbocycles. The predicted molar refractivity (Wildman–Crippen MR) is 103 cm³/mol. The smallest absolute Gasteiger partial charge is 0.0745 e. The van der Waals surface area contributed by atoms with Gasteiger partial charge in [-0.3, -0.25) is 0 Å². The van der Waals surface area contributed by atoms with E-state index >= 15 is 0 Å². The number of hydrogen-bond acceptors (Lipinski definition) is 3. The van der Waals surface area contributed by atoms with Gasteiger partial charge in [0, 0.05) is 21.0 Å². The van der Waals surface area contributed by atoms with Crippen LogP contribution in [0.1, 0.15) is 47.7 Å². The second-order valence-corrected chi connectivity index (χ2v) is 7.26. The fourth-order valence-electron chi connectivity index (χ4n) is 3.08.